The lowest BCUT2D eigenvalue weighted by atomic mass is 10.1. The minimum absolute atomic E-state index is 0.0751. The van der Waals surface area contributed by atoms with Gasteiger partial charge in [0.1, 0.15) is 6.04 Å². The second-order valence-electron chi connectivity index (χ2n) is 4.67. The zero-order valence-electron chi connectivity index (χ0n) is 10.8. The van der Waals surface area contributed by atoms with E-state index in [1.165, 1.54) is 12.1 Å². The first-order valence-corrected chi connectivity index (χ1v) is 7.55. The molecule has 0 aliphatic carbocycles. The largest absolute Gasteiger partial charge is 0.344 e. The van der Waals surface area contributed by atoms with Crippen molar-refractivity contribution in [1.82, 2.24) is 5.32 Å². The number of anilines is 1. The number of hydrogen-bond acceptors (Lipinski definition) is 4. The molecule has 8 heteroatoms. The molecule has 7 nitrogen and oxygen atoms in total. The Morgan fingerprint density at radius 2 is 2.15 bits per heavy atom. The quantitative estimate of drug-likeness (QED) is 0.719. The van der Waals surface area contributed by atoms with Crippen LogP contribution in [0.3, 0.4) is 0 Å². The molecule has 0 unspecified atom stereocenters. The maximum atomic E-state index is 12.0. The maximum Gasteiger partial charge on any atom is 0.246 e. The molecule has 1 atom stereocenters. The third-order valence-corrected chi connectivity index (χ3v) is 4.02. The van der Waals surface area contributed by atoms with Gasteiger partial charge in [-0.15, -0.1) is 0 Å². The number of carbonyl (C=O) groups excluding carboxylic acids is 2. The van der Waals surface area contributed by atoms with Crippen LogP contribution in [-0.2, 0) is 19.6 Å². The molecule has 1 aliphatic rings. The Labute approximate surface area is 116 Å². The molecule has 2 rings (SSSR count). The van der Waals surface area contributed by atoms with Gasteiger partial charge in [0.05, 0.1) is 4.90 Å². The molecule has 1 saturated heterocycles. The van der Waals surface area contributed by atoms with Crippen molar-refractivity contribution in [3.8, 4) is 0 Å². The van der Waals surface area contributed by atoms with E-state index in [-0.39, 0.29) is 16.7 Å². The topological polar surface area (TPSA) is 118 Å². The number of nitrogens with one attached hydrogen (secondary N) is 2. The summed E-state index contributed by atoms with van der Waals surface area (Å²) >= 11 is 0. The van der Waals surface area contributed by atoms with Crippen molar-refractivity contribution in [2.45, 2.75) is 30.7 Å². The van der Waals surface area contributed by atoms with E-state index >= 15 is 0 Å². The van der Waals surface area contributed by atoms with Crippen LogP contribution in [0.2, 0.25) is 0 Å². The summed E-state index contributed by atoms with van der Waals surface area (Å²) in [5.74, 6) is -0.536. The second kappa shape index (κ2) is 5.22. The summed E-state index contributed by atoms with van der Waals surface area (Å²) in [7, 11) is -3.83. The summed E-state index contributed by atoms with van der Waals surface area (Å²) in [5.41, 5.74) is 1.07. The lowest BCUT2D eigenvalue weighted by Gasteiger charge is -2.13. The average molecular weight is 297 g/mol. The number of nitrogens with two attached hydrogens (primary N) is 1. The normalized spacial score (nSPS) is 18.7. The van der Waals surface area contributed by atoms with Crippen molar-refractivity contribution in [3.63, 3.8) is 0 Å². The predicted molar refractivity (Wildman–Crippen MR) is 72.3 cm³/mol. The number of hydrogen-bond donors (Lipinski definition) is 3. The lowest BCUT2D eigenvalue weighted by molar-refractivity contribution is -0.122. The summed E-state index contributed by atoms with van der Waals surface area (Å²) in [6.45, 7) is 1.73. The van der Waals surface area contributed by atoms with Gasteiger partial charge in [0.15, 0.2) is 0 Å². The van der Waals surface area contributed by atoms with Gasteiger partial charge < -0.3 is 10.6 Å². The molecule has 1 fully saturated rings. The van der Waals surface area contributed by atoms with Crippen molar-refractivity contribution in [2.75, 3.05) is 5.32 Å². The van der Waals surface area contributed by atoms with E-state index in [0.717, 1.165) is 0 Å². The van der Waals surface area contributed by atoms with Crippen LogP contribution >= 0.6 is 0 Å². The van der Waals surface area contributed by atoms with Gasteiger partial charge in [-0.1, -0.05) is 6.07 Å². The van der Waals surface area contributed by atoms with Gasteiger partial charge in [-0.25, -0.2) is 13.6 Å². The van der Waals surface area contributed by atoms with Crippen LogP contribution < -0.4 is 15.8 Å². The van der Waals surface area contributed by atoms with Gasteiger partial charge in [-0.3, -0.25) is 9.59 Å². The summed E-state index contributed by atoms with van der Waals surface area (Å²) in [4.78, 5) is 23.0. The maximum absolute atomic E-state index is 12.0. The Morgan fingerprint density at radius 1 is 1.45 bits per heavy atom. The minimum Gasteiger partial charge on any atom is -0.344 e. The molecule has 1 aromatic rings. The first-order chi connectivity index (χ1) is 9.27. The van der Waals surface area contributed by atoms with E-state index in [1.54, 1.807) is 13.0 Å². The molecule has 0 aromatic heterocycles. The monoisotopic (exact) mass is 297 g/mol. The SMILES string of the molecule is Cc1ccc(S(N)(=O)=O)cc1NC(=O)[C@H]1CCC(=O)N1. The molecule has 1 aliphatic heterocycles. The number of sulfonamides is 1. The second-order valence-corrected chi connectivity index (χ2v) is 6.23. The highest BCUT2D eigenvalue weighted by molar-refractivity contribution is 7.89. The van der Waals surface area contributed by atoms with Crippen LogP contribution in [-0.4, -0.2) is 26.3 Å². The fourth-order valence-electron chi connectivity index (χ4n) is 1.94. The zero-order chi connectivity index (χ0) is 14.9. The Hall–Kier alpha value is -1.93. The summed E-state index contributed by atoms with van der Waals surface area (Å²) in [6, 6.07) is 3.65. The molecule has 0 radical (unpaired) electrons. The molecule has 1 heterocycles. The summed E-state index contributed by atoms with van der Waals surface area (Å²) in [5, 5.41) is 10.2. The highest BCUT2D eigenvalue weighted by Gasteiger charge is 2.27. The van der Waals surface area contributed by atoms with Gasteiger partial charge in [0.25, 0.3) is 0 Å². The molecule has 108 valence electrons. The fourth-order valence-corrected chi connectivity index (χ4v) is 2.48. The van der Waals surface area contributed by atoms with Gasteiger partial charge in [-0.2, -0.15) is 0 Å². The number of amides is 2. The molecule has 4 N–H and O–H groups in total. The predicted octanol–water partition coefficient (Wildman–Crippen LogP) is -0.140. The summed E-state index contributed by atoms with van der Waals surface area (Å²) in [6.07, 6.45) is 0.743. The molecule has 1 aromatic carbocycles. The van der Waals surface area contributed by atoms with E-state index < -0.39 is 16.1 Å². The first-order valence-electron chi connectivity index (χ1n) is 6.01. The minimum atomic E-state index is -3.83. The Balaban J connectivity index is 2.20. The van der Waals surface area contributed by atoms with Crippen molar-refractivity contribution >= 4 is 27.5 Å². The van der Waals surface area contributed by atoms with E-state index in [1.807, 2.05) is 0 Å². The van der Waals surface area contributed by atoms with Gasteiger partial charge in [-0.05, 0) is 31.0 Å². The number of aryl methyl sites for hydroxylation is 1. The molecule has 0 bridgehead atoms. The van der Waals surface area contributed by atoms with Crippen LogP contribution in [0, 0.1) is 6.92 Å². The highest BCUT2D eigenvalue weighted by atomic mass is 32.2. The molecule has 0 saturated carbocycles. The average Bonchev–Trinajstić information content (AvgIpc) is 2.77. The lowest BCUT2D eigenvalue weighted by Crippen LogP contribution is -2.37. The number of primary sulfonamides is 1. The Bertz CT molecular complexity index is 669. The smallest absolute Gasteiger partial charge is 0.246 e. The Morgan fingerprint density at radius 3 is 2.70 bits per heavy atom. The standard InChI is InChI=1S/C12H15N3O4S/c1-7-2-3-8(20(13,18)19)6-10(7)15-12(17)9-4-5-11(16)14-9/h2-3,6,9H,4-5H2,1H3,(H,14,16)(H,15,17)(H2,13,18,19)/t9-/m1/s1. The molecular weight excluding hydrogens is 282 g/mol. The zero-order valence-corrected chi connectivity index (χ0v) is 11.7. The number of carbonyl (C=O) groups is 2. The van der Waals surface area contributed by atoms with Crippen molar-refractivity contribution < 1.29 is 18.0 Å². The van der Waals surface area contributed by atoms with Gasteiger partial charge in [0.2, 0.25) is 21.8 Å². The van der Waals surface area contributed by atoms with Crippen LogP contribution in [0.1, 0.15) is 18.4 Å². The van der Waals surface area contributed by atoms with E-state index in [2.05, 4.69) is 10.6 Å². The first kappa shape index (κ1) is 14.5. The fraction of sp³-hybridized carbons (Fsp3) is 0.333. The van der Waals surface area contributed by atoms with Gasteiger partial charge >= 0.3 is 0 Å². The Kier molecular flexibility index (Phi) is 3.78. The van der Waals surface area contributed by atoms with Crippen molar-refractivity contribution in [3.05, 3.63) is 23.8 Å². The molecule has 0 spiro atoms. The van der Waals surface area contributed by atoms with E-state index in [4.69, 9.17) is 5.14 Å². The van der Waals surface area contributed by atoms with Crippen molar-refractivity contribution in [2.24, 2.45) is 5.14 Å². The van der Waals surface area contributed by atoms with Crippen LogP contribution in [0.25, 0.3) is 0 Å². The van der Waals surface area contributed by atoms with Crippen molar-refractivity contribution in [1.29, 1.82) is 0 Å². The van der Waals surface area contributed by atoms with Crippen LogP contribution in [0.15, 0.2) is 23.1 Å². The van der Waals surface area contributed by atoms with E-state index in [0.29, 0.717) is 24.1 Å². The van der Waals surface area contributed by atoms with Gasteiger partial charge in [0, 0.05) is 12.1 Å². The molecular formula is C12H15N3O4S. The molecule has 2 amide bonds. The van der Waals surface area contributed by atoms with Crippen LogP contribution in [0.5, 0.6) is 0 Å². The van der Waals surface area contributed by atoms with Crippen LogP contribution in [0.4, 0.5) is 5.69 Å². The third kappa shape index (κ3) is 3.14. The number of benzene rings is 1. The third-order valence-electron chi connectivity index (χ3n) is 3.11. The highest BCUT2D eigenvalue weighted by Crippen LogP contribution is 2.20. The van der Waals surface area contributed by atoms with E-state index in [9.17, 15) is 18.0 Å². The number of rotatable bonds is 3. The molecule has 20 heavy (non-hydrogen) atoms. The summed E-state index contributed by atoms with van der Waals surface area (Å²) < 4.78 is 22.6.